The van der Waals surface area contributed by atoms with Crippen LogP contribution in [0, 0.1) is 5.41 Å². The molecule has 2 unspecified atom stereocenters. The Kier molecular flexibility index (Phi) is 7.99. The minimum absolute atomic E-state index is 0.139. The van der Waals surface area contributed by atoms with Gasteiger partial charge in [0, 0.05) is 48.6 Å². The van der Waals surface area contributed by atoms with Crippen molar-refractivity contribution in [3.63, 3.8) is 0 Å². The number of nitrogens with one attached hydrogen (secondary N) is 2. The Labute approximate surface area is 285 Å². The number of benzene rings is 2. The molecule has 49 heavy (non-hydrogen) atoms. The van der Waals surface area contributed by atoms with Crippen LogP contribution in [0.5, 0.6) is 0 Å². The van der Waals surface area contributed by atoms with Gasteiger partial charge in [-0.1, -0.05) is 42.5 Å². The maximum Gasteiger partial charge on any atom is 0.280 e. The molecule has 13 nitrogen and oxygen atoms in total. The molecule has 5 heterocycles. The molecule has 4 fully saturated rings. The molecule has 3 amide bonds. The highest BCUT2D eigenvalue weighted by Gasteiger charge is 2.70. The number of hydrogen-bond donors (Lipinski definition) is 4. The Bertz CT molecular complexity index is 1930. The highest BCUT2D eigenvalue weighted by Crippen LogP contribution is 2.49. The normalized spacial score (nSPS) is 33.8. The molecule has 4 aliphatic heterocycles. The van der Waals surface area contributed by atoms with Gasteiger partial charge in [-0.05, 0) is 69.3 Å². The fourth-order valence-electron chi connectivity index (χ4n) is 8.97. The number of rotatable bonds is 4. The lowest BCUT2D eigenvalue weighted by Crippen LogP contribution is -2.71. The maximum atomic E-state index is 14.3. The Morgan fingerprint density at radius 2 is 1.84 bits per heavy atom. The van der Waals surface area contributed by atoms with Gasteiger partial charge in [-0.25, -0.2) is 0 Å². The third kappa shape index (κ3) is 5.63. The number of carbonyl (C=O) groups is 3. The van der Waals surface area contributed by atoms with E-state index in [9.17, 15) is 27.9 Å². The van der Waals surface area contributed by atoms with Crippen molar-refractivity contribution in [1.82, 2.24) is 25.0 Å². The first-order chi connectivity index (χ1) is 23.0. The maximum absolute atomic E-state index is 14.3. The summed E-state index contributed by atoms with van der Waals surface area (Å²) in [5.41, 5.74) is 1.87. The number of aliphatic hydroxyl groups is 1. The van der Waals surface area contributed by atoms with Crippen LogP contribution >= 0.6 is 0 Å². The highest BCUT2D eigenvalue weighted by atomic mass is 32.2. The van der Waals surface area contributed by atoms with Crippen molar-refractivity contribution < 1.29 is 37.2 Å². The van der Waals surface area contributed by atoms with Gasteiger partial charge in [-0.3, -0.25) is 28.6 Å². The van der Waals surface area contributed by atoms with Crippen molar-refractivity contribution >= 4 is 38.7 Å². The fourth-order valence-corrected chi connectivity index (χ4v) is 8.97. The van der Waals surface area contributed by atoms with E-state index in [2.05, 4.69) is 46.6 Å². The Morgan fingerprint density at radius 1 is 1.12 bits per heavy atom. The van der Waals surface area contributed by atoms with Crippen LogP contribution in [-0.2, 0) is 42.1 Å². The van der Waals surface area contributed by atoms with Gasteiger partial charge in [-0.15, -0.1) is 0 Å². The van der Waals surface area contributed by atoms with Gasteiger partial charge >= 0.3 is 0 Å². The predicted octanol–water partition coefficient (Wildman–Crippen LogP) is 1.98. The Morgan fingerprint density at radius 3 is 2.55 bits per heavy atom. The summed E-state index contributed by atoms with van der Waals surface area (Å²) in [6, 6.07) is 14.4. The number of carbonyl (C=O) groups excluding carboxylic acids is 3. The number of piperidine rings is 1. The summed E-state index contributed by atoms with van der Waals surface area (Å²) < 4.78 is 32.2. The van der Waals surface area contributed by atoms with Crippen molar-refractivity contribution in [1.29, 1.82) is 0 Å². The summed E-state index contributed by atoms with van der Waals surface area (Å²) in [7, 11) is -1.60. The van der Waals surface area contributed by atoms with Crippen LogP contribution < -0.4 is 5.32 Å². The van der Waals surface area contributed by atoms with Crippen molar-refractivity contribution in [2.75, 3.05) is 26.4 Å². The third-order valence-electron chi connectivity index (χ3n) is 11.0. The van der Waals surface area contributed by atoms with Gasteiger partial charge in [0.1, 0.15) is 12.1 Å². The lowest BCUT2D eigenvalue weighted by atomic mass is 9.66. The number of H-pyrrole nitrogens is 1. The second kappa shape index (κ2) is 11.6. The van der Waals surface area contributed by atoms with Crippen LogP contribution in [0.25, 0.3) is 10.9 Å². The van der Waals surface area contributed by atoms with Gasteiger partial charge in [0.15, 0.2) is 0 Å². The second-order valence-electron chi connectivity index (χ2n) is 14.7. The van der Waals surface area contributed by atoms with E-state index in [1.54, 1.807) is 4.90 Å². The minimum Gasteiger partial charge on any atom is -0.361 e. The second-order valence-corrected chi connectivity index (χ2v) is 16.2. The number of aromatic amines is 1. The topological polar surface area (TPSA) is 173 Å². The summed E-state index contributed by atoms with van der Waals surface area (Å²) >= 11 is 0. The van der Waals surface area contributed by atoms with E-state index in [0.29, 0.717) is 38.6 Å². The Balaban J connectivity index is 0.000000707. The lowest BCUT2D eigenvalue weighted by molar-refractivity contribution is -0.315. The van der Waals surface area contributed by atoms with Crippen molar-refractivity contribution in [3.8, 4) is 0 Å². The van der Waals surface area contributed by atoms with Gasteiger partial charge in [-0.2, -0.15) is 8.42 Å². The van der Waals surface area contributed by atoms with E-state index in [1.807, 2.05) is 37.3 Å². The number of hydrogen-bond acceptors (Lipinski definition) is 8. The molecule has 4 saturated heterocycles. The summed E-state index contributed by atoms with van der Waals surface area (Å²) in [4.78, 5) is 50.9. The SMILES string of the molecule is CN1C[C@](C)(C(=O)N[C@]2(C)OC3(O)[C@@H]4CCCN4C(=O)[C@H](Cc4ccccc4)N3C2=O)CC2c3cccc4[nH]cc(c34)C[C@H]21.CS(=O)(=O)O. The van der Waals surface area contributed by atoms with Crippen molar-refractivity contribution in [2.45, 2.75) is 81.6 Å². The highest BCUT2D eigenvalue weighted by molar-refractivity contribution is 7.85. The number of fused-ring (bicyclic) bond motifs is 5. The zero-order valence-electron chi connectivity index (χ0n) is 28.0. The minimum atomic E-state index is -3.67. The molecule has 2 aromatic carbocycles. The number of likely N-dealkylation sites (N-methyl/N-ethyl adjacent to an activating group) is 1. The molecule has 0 bridgehead atoms. The number of aromatic nitrogens is 1. The van der Waals surface area contributed by atoms with Crippen LogP contribution in [0.3, 0.4) is 0 Å². The number of nitrogens with zero attached hydrogens (tertiary/aromatic N) is 3. The molecule has 1 aliphatic carbocycles. The molecule has 1 aromatic heterocycles. The molecule has 14 heteroatoms. The van der Waals surface area contributed by atoms with E-state index in [4.69, 9.17) is 9.29 Å². The van der Waals surface area contributed by atoms with E-state index in [1.165, 1.54) is 28.3 Å². The summed E-state index contributed by atoms with van der Waals surface area (Å²) in [5.74, 6) is -3.00. The van der Waals surface area contributed by atoms with Gasteiger partial charge in [0.25, 0.3) is 21.9 Å². The number of likely N-dealkylation sites (tertiary alicyclic amines) is 1. The molecular formula is C35H43N5O8S. The van der Waals surface area contributed by atoms with Crippen molar-refractivity contribution in [2.24, 2.45) is 5.41 Å². The zero-order chi connectivity index (χ0) is 35.1. The van der Waals surface area contributed by atoms with Crippen LogP contribution in [0.2, 0.25) is 0 Å². The molecule has 0 saturated carbocycles. The van der Waals surface area contributed by atoms with Gasteiger partial charge < -0.3 is 25.2 Å². The van der Waals surface area contributed by atoms with E-state index in [0.717, 1.165) is 17.5 Å². The van der Waals surface area contributed by atoms with E-state index < -0.39 is 45.2 Å². The average Bonchev–Trinajstić information content (AvgIpc) is 3.73. The predicted molar refractivity (Wildman–Crippen MR) is 179 cm³/mol. The molecule has 3 aromatic rings. The fraction of sp³-hybridized carbons (Fsp3) is 0.514. The van der Waals surface area contributed by atoms with Crippen molar-refractivity contribution in [3.05, 3.63) is 71.4 Å². The molecule has 5 aliphatic rings. The number of piperazine rings is 1. The van der Waals surface area contributed by atoms with Gasteiger partial charge in [0.2, 0.25) is 17.5 Å². The smallest absolute Gasteiger partial charge is 0.280 e. The average molecular weight is 694 g/mol. The molecule has 8 rings (SSSR count). The van der Waals surface area contributed by atoms with Crippen LogP contribution in [0.1, 0.15) is 55.7 Å². The molecule has 4 N–H and O–H groups in total. The largest absolute Gasteiger partial charge is 0.361 e. The van der Waals surface area contributed by atoms with E-state index >= 15 is 0 Å². The molecule has 0 radical (unpaired) electrons. The van der Waals surface area contributed by atoms with Crippen LogP contribution in [0.15, 0.2) is 54.7 Å². The molecule has 7 atom stereocenters. The third-order valence-corrected chi connectivity index (χ3v) is 11.0. The van der Waals surface area contributed by atoms with Crippen LogP contribution in [0.4, 0.5) is 0 Å². The molecular weight excluding hydrogens is 650 g/mol. The molecule has 0 spiro atoms. The summed E-state index contributed by atoms with van der Waals surface area (Å²) in [6.45, 7) is 4.47. The van der Waals surface area contributed by atoms with Gasteiger partial charge in [0.05, 0.1) is 11.7 Å². The monoisotopic (exact) mass is 693 g/mol. The number of amides is 3. The first-order valence-electron chi connectivity index (χ1n) is 16.7. The van der Waals surface area contributed by atoms with Crippen LogP contribution in [-0.4, -0.2) is 112 Å². The first kappa shape index (κ1) is 33.7. The summed E-state index contributed by atoms with van der Waals surface area (Å²) in [6.07, 6.45) is 5.78. The van der Waals surface area contributed by atoms with E-state index in [-0.39, 0.29) is 30.2 Å². The number of ether oxygens (including phenoxy) is 1. The zero-order valence-corrected chi connectivity index (χ0v) is 28.9. The summed E-state index contributed by atoms with van der Waals surface area (Å²) in [5, 5.41) is 16.3. The standard InChI is InChI=1S/C34H39N5O5.CH4O3S/c1-32(17-23-22-11-7-12-24-28(22)21(18-35-24)16-25(23)37(3)19-32)30(41)36-33(2)31(42)39-26(15-20-9-5-4-6-10-20)29(40)38-14-8-13-27(38)34(39,43)44-33;1-5(2,3)4/h4-7,9-12,18,23,25-27,35,43H,8,13-17,19H2,1-3H3,(H,36,41);1H3,(H,2,3,4)/t23?,25-,26+,27+,32-,33-,34?;/m1./s1. The molecule has 262 valence electrons. The Hall–Kier alpha value is -3.82. The lowest BCUT2D eigenvalue weighted by Gasteiger charge is -2.49. The first-order valence-corrected chi connectivity index (χ1v) is 18.5. The quantitative estimate of drug-likeness (QED) is 0.298.